The molecular weight excluding hydrogens is 192 g/mol. The SMILES string of the molecule is COC1(C(N)=O)NCCc2ccccc21. The average molecular weight is 206 g/mol. The number of hydrogen-bond donors (Lipinski definition) is 2. The van der Waals surface area contributed by atoms with Gasteiger partial charge in [-0.05, 0) is 12.0 Å². The molecule has 0 radical (unpaired) electrons. The first-order valence-electron chi connectivity index (χ1n) is 4.89. The Bertz CT molecular complexity index is 392. The largest absolute Gasteiger partial charge is 0.366 e. The molecule has 0 bridgehead atoms. The van der Waals surface area contributed by atoms with E-state index in [2.05, 4.69) is 5.32 Å². The van der Waals surface area contributed by atoms with Crippen molar-refractivity contribution in [1.29, 1.82) is 0 Å². The molecule has 0 aromatic heterocycles. The summed E-state index contributed by atoms with van der Waals surface area (Å²) in [6.07, 6.45) is 0.883. The molecule has 0 aliphatic carbocycles. The normalized spacial score (nSPS) is 24.6. The molecule has 1 heterocycles. The van der Waals surface area contributed by atoms with E-state index in [4.69, 9.17) is 10.5 Å². The Kier molecular flexibility index (Phi) is 2.46. The lowest BCUT2D eigenvalue weighted by Crippen LogP contribution is -2.57. The van der Waals surface area contributed by atoms with E-state index in [1.807, 2.05) is 24.3 Å². The minimum absolute atomic E-state index is 0.503. The van der Waals surface area contributed by atoms with Gasteiger partial charge < -0.3 is 10.5 Å². The Labute approximate surface area is 88.4 Å². The summed E-state index contributed by atoms with van der Waals surface area (Å²) in [7, 11) is 1.49. The van der Waals surface area contributed by atoms with Gasteiger partial charge in [0, 0.05) is 19.2 Å². The van der Waals surface area contributed by atoms with Crippen LogP contribution in [0.15, 0.2) is 24.3 Å². The third-order valence-electron chi connectivity index (χ3n) is 2.82. The predicted molar refractivity (Wildman–Crippen MR) is 56.0 cm³/mol. The smallest absolute Gasteiger partial charge is 0.269 e. The van der Waals surface area contributed by atoms with Gasteiger partial charge in [-0.1, -0.05) is 24.3 Å². The number of methoxy groups -OCH3 is 1. The maximum Gasteiger partial charge on any atom is 0.269 e. The summed E-state index contributed by atoms with van der Waals surface area (Å²) in [5.41, 5.74) is 6.18. The Morgan fingerprint density at radius 3 is 2.93 bits per heavy atom. The molecule has 15 heavy (non-hydrogen) atoms. The fourth-order valence-corrected chi connectivity index (χ4v) is 2.05. The molecule has 1 aliphatic heterocycles. The number of ether oxygens (including phenoxy) is 1. The van der Waals surface area contributed by atoms with Gasteiger partial charge in [-0.2, -0.15) is 0 Å². The van der Waals surface area contributed by atoms with Gasteiger partial charge in [0.05, 0.1) is 0 Å². The molecule has 1 atom stereocenters. The molecule has 0 saturated carbocycles. The molecule has 2 rings (SSSR count). The van der Waals surface area contributed by atoms with Gasteiger partial charge in [-0.3, -0.25) is 10.1 Å². The van der Waals surface area contributed by atoms with Crippen molar-refractivity contribution in [3.8, 4) is 0 Å². The summed E-state index contributed by atoms with van der Waals surface area (Å²) in [4.78, 5) is 11.5. The summed E-state index contributed by atoms with van der Waals surface area (Å²) in [6.45, 7) is 0.688. The summed E-state index contributed by atoms with van der Waals surface area (Å²) < 4.78 is 5.28. The number of benzene rings is 1. The number of carbonyl (C=O) groups excluding carboxylic acids is 1. The van der Waals surface area contributed by atoms with Crippen LogP contribution in [-0.2, 0) is 21.7 Å². The molecular formula is C11H14N2O2. The van der Waals surface area contributed by atoms with Gasteiger partial charge in [0.25, 0.3) is 5.91 Å². The zero-order valence-electron chi connectivity index (χ0n) is 8.62. The van der Waals surface area contributed by atoms with E-state index in [1.165, 1.54) is 7.11 Å². The van der Waals surface area contributed by atoms with Crippen LogP contribution in [0.5, 0.6) is 0 Å². The molecule has 1 aromatic rings. The van der Waals surface area contributed by atoms with Gasteiger partial charge in [-0.25, -0.2) is 0 Å². The summed E-state index contributed by atoms with van der Waals surface area (Å²) in [6, 6.07) is 7.69. The second-order valence-electron chi connectivity index (χ2n) is 3.58. The molecule has 0 spiro atoms. The van der Waals surface area contributed by atoms with E-state index < -0.39 is 11.6 Å². The fraction of sp³-hybridized carbons (Fsp3) is 0.364. The standard InChI is InChI=1S/C11H14N2O2/c1-15-11(10(12)14)9-5-3-2-4-8(9)6-7-13-11/h2-5,13H,6-7H2,1H3,(H2,12,14). The van der Waals surface area contributed by atoms with Crippen LogP contribution in [0.3, 0.4) is 0 Å². The van der Waals surface area contributed by atoms with E-state index >= 15 is 0 Å². The summed E-state index contributed by atoms with van der Waals surface area (Å²) in [5.74, 6) is -0.503. The molecule has 80 valence electrons. The third kappa shape index (κ3) is 1.42. The van der Waals surface area contributed by atoms with E-state index in [0.29, 0.717) is 6.54 Å². The van der Waals surface area contributed by atoms with E-state index in [-0.39, 0.29) is 0 Å². The van der Waals surface area contributed by atoms with Crippen molar-refractivity contribution in [3.63, 3.8) is 0 Å². The number of nitrogens with two attached hydrogens (primary N) is 1. The number of hydrogen-bond acceptors (Lipinski definition) is 3. The molecule has 0 saturated heterocycles. The van der Waals surface area contributed by atoms with Crippen molar-refractivity contribution < 1.29 is 9.53 Å². The highest BCUT2D eigenvalue weighted by Gasteiger charge is 2.41. The van der Waals surface area contributed by atoms with E-state index in [1.54, 1.807) is 0 Å². The van der Waals surface area contributed by atoms with Crippen LogP contribution in [0.2, 0.25) is 0 Å². The van der Waals surface area contributed by atoms with Crippen LogP contribution in [0.4, 0.5) is 0 Å². The first-order chi connectivity index (χ1) is 7.20. The van der Waals surface area contributed by atoms with Gasteiger partial charge >= 0.3 is 0 Å². The number of amides is 1. The maximum absolute atomic E-state index is 11.5. The first-order valence-corrected chi connectivity index (χ1v) is 4.89. The minimum Gasteiger partial charge on any atom is -0.366 e. The predicted octanol–water partition coefficient (Wildman–Crippen LogP) is 0.117. The van der Waals surface area contributed by atoms with Crippen molar-refractivity contribution in [2.75, 3.05) is 13.7 Å². The number of fused-ring (bicyclic) bond motifs is 1. The number of rotatable bonds is 2. The quantitative estimate of drug-likeness (QED) is 0.722. The van der Waals surface area contributed by atoms with Gasteiger partial charge in [0.15, 0.2) is 0 Å². The van der Waals surface area contributed by atoms with Crippen LogP contribution in [0, 0.1) is 0 Å². The highest BCUT2D eigenvalue weighted by atomic mass is 16.5. The maximum atomic E-state index is 11.5. The number of carbonyl (C=O) groups is 1. The molecule has 4 heteroatoms. The van der Waals surface area contributed by atoms with Crippen LogP contribution in [0.1, 0.15) is 11.1 Å². The average Bonchev–Trinajstić information content (AvgIpc) is 2.28. The molecule has 1 aromatic carbocycles. The van der Waals surface area contributed by atoms with Gasteiger partial charge in [0.2, 0.25) is 5.72 Å². The van der Waals surface area contributed by atoms with Crippen molar-refractivity contribution in [3.05, 3.63) is 35.4 Å². The third-order valence-corrected chi connectivity index (χ3v) is 2.82. The monoisotopic (exact) mass is 206 g/mol. The van der Waals surface area contributed by atoms with Crippen LogP contribution < -0.4 is 11.1 Å². The Balaban J connectivity index is 2.57. The molecule has 1 aliphatic rings. The second kappa shape index (κ2) is 3.64. The highest BCUT2D eigenvalue weighted by Crippen LogP contribution is 2.28. The van der Waals surface area contributed by atoms with Crippen molar-refractivity contribution in [1.82, 2.24) is 5.32 Å². The molecule has 1 amide bonds. The molecule has 4 nitrogen and oxygen atoms in total. The van der Waals surface area contributed by atoms with E-state index in [0.717, 1.165) is 17.5 Å². The van der Waals surface area contributed by atoms with Gasteiger partial charge in [-0.15, -0.1) is 0 Å². The van der Waals surface area contributed by atoms with Gasteiger partial charge in [0.1, 0.15) is 0 Å². The topological polar surface area (TPSA) is 64.3 Å². The fourth-order valence-electron chi connectivity index (χ4n) is 2.05. The second-order valence-corrected chi connectivity index (χ2v) is 3.58. The number of primary amides is 1. The van der Waals surface area contributed by atoms with Crippen LogP contribution in [0.25, 0.3) is 0 Å². The first kappa shape index (κ1) is 10.1. The number of nitrogens with one attached hydrogen (secondary N) is 1. The van der Waals surface area contributed by atoms with Crippen molar-refractivity contribution in [2.24, 2.45) is 5.73 Å². The Morgan fingerprint density at radius 1 is 1.53 bits per heavy atom. The van der Waals surface area contributed by atoms with E-state index in [9.17, 15) is 4.79 Å². The zero-order valence-corrected chi connectivity index (χ0v) is 8.62. The lowest BCUT2D eigenvalue weighted by atomic mass is 9.91. The summed E-state index contributed by atoms with van der Waals surface area (Å²) in [5, 5.41) is 3.04. The minimum atomic E-state index is -1.16. The lowest BCUT2D eigenvalue weighted by molar-refractivity contribution is -0.147. The molecule has 0 fully saturated rings. The molecule has 3 N–H and O–H groups in total. The Morgan fingerprint density at radius 2 is 2.27 bits per heavy atom. The van der Waals surface area contributed by atoms with Crippen molar-refractivity contribution >= 4 is 5.91 Å². The zero-order chi connectivity index (χ0) is 10.9. The van der Waals surface area contributed by atoms with Crippen LogP contribution in [-0.4, -0.2) is 19.6 Å². The van der Waals surface area contributed by atoms with Crippen molar-refractivity contribution in [2.45, 2.75) is 12.1 Å². The lowest BCUT2D eigenvalue weighted by Gasteiger charge is -2.35. The van der Waals surface area contributed by atoms with Crippen LogP contribution >= 0.6 is 0 Å². The Hall–Kier alpha value is -1.39. The highest BCUT2D eigenvalue weighted by molar-refractivity contribution is 5.85. The summed E-state index contributed by atoms with van der Waals surface area (Å²) >= 11 is 0. The molecule has 1 unspecified atom stereocenters.